The molecule has 4 atom stereocenters. The molecule has 192 valence electrons. The van der Waals surface area contributed by atoms with Gasteiger partial charge in [0, 0.05) is 13.0 Å². The van der Waals surface area contributed by atoms with E-state index in [0.29, 0.717) is 12.3 Å². The number of nitrogens with one attached hydrogen (secondary N) is 2. The molecule has 0 aliphatic carbocycles. The topological polar surface area (TPSA) is 175 Å². The van der Waals surface area contributed by atoms with Crippen molar-refractivity contribution in [2.75, 3.05) is 18.5 Å². The molecule has 1 unspecified atom stereocenters. The monoisotopic (exact) mass is 510 g/mol. The van der Waals surface area contributed by atoms with Crippen LogP contribution in [0.1, 0.15) is 36.5 Å². The number of aliphatic hydroxyl groups excluding tert-OH is 3. The smallest absolute Gasteiger partial charge is 0.335 e. The third kappa shape index (κ3) is 6.69. The number of unbranched alkanes of at least 4 members (excludes halogenated alkanes) is 1. The Morgan fingerprint density at radius 1 is 1.20 bits per heavy atom. The van der Waals surface area contributed by atoms with Crippen molar-refractivity contribution in [1.82, 2.24) is 4.72 Å². The van der Waals surface area contributed by atoms with Gasteiger partial charge in [0.2, 0.25) is 10.0 Å². The second-order valence-corrected chi connectivity index (χ2v) is 9.79. The molecule has 1 fully saturated rings. The molecule has 11 nitrogen and oxygen atoms in total. The van der Waals surface area contributed by atoms with Gasteiger partial charge in [-0.25, -0.2) is 13.2 Å². The van der Waals surface area contributed by atoms with Crippen LogP contribution in [-0.2, 0) is 14.8 Å². The summed E-state index contributed by atoms with van der Waals surface area (Å²) in [6.45, 7) is 1.79. The second-order valence-electron chi connectivity index (χ2n) is 8.11. The standard InChI is InChI=1S/C23H30N2O9S/c1-2-3-9-24-16-10-14(23(29)30)11-19(22(16)33-15-7-5-4-6-8-15)35(31,32)25-20-12-17(27)21(28)18(13-26)34-20/h4-8,10-11,17-18,20-21,24-28H,2-3,9,12-13H2,1H3,(H,29,30)/t17-,18-,20?,21+/m1/s1. The number of benzene rings is 2. The zero-order valence-corrected chi connectivity index (χ0v) is 19.9. The van der Waals surface area contributed by atoms with Crippen LogP contribution < -0.4 is 14.8 Å². The number of sulfonamides is 1. The molecule has 0 aromatic heterocycles. The predicted molar refractivity (Wildman–Crippen MR) is 126 cm³/mol. The molecule has 2 aromatic rings. The van der Waals surface area contributed by atoms with Crippen molar-refractivity contribution in [3.05, 3.63) is 48.0 Å². The van der Waals surface area contributed by atoms with E-state index in [1.54, 1.807) is 30.3 Å². The lowest BCUT2D eigenvalue weighted by atomic mass is 10.0. The Labute approximate surface area is 203 Å². The molecule has 6 N–H and O–H groups in total. The molecule has 0 saturated carbocycles. The molecule has 1 saturated heterocycles. The number of carboxylic acid groups (broad SMARTS) is 1. The molecule has 12 heteroatoms. The number of aliphatic hydroxyl groups is 3. The minimum absolute atomic E-state index is 0.111. The molecule has 1 aliphatic heterocycles. The van der Waals surface area contributed by atoms with Gasteiger partial charge in [0.25, 0.3) is 0 Å². The first-order valence-electron chi connectivity index (χ1n) is 11.2. The fourth-order valence-electron chi connectivity index (χ4n) is 3.59. The summed E-state index contributed by atoms with van der Waals surface area (Å²) in [6, 6.07) is 10.7. The number of para-hydroxylation sites is 1. The summed E-state index contributed by atoms with van der Waals surface area (Å²) in [7, 11) is -4.47. The number of carbonyl (C=O) groups is 1. The quantitative estimate of drug-likeness (QED) is 0.243. The first-order chi connectivity index (χ1) is 16.7. The Morgan fingerprint density at radius 2 is 1.91 bits per heavy atom. The van der Waals surface area contributed by atoms with E-state index in [4.69, 9.17) is 9.47 Å². The van der Waals surface area contributed by atoms with Gasteiger partial charge in [0.15, 0.2) is 5.75 Å². The number of aromatic carboxylic acids is 1. The van der Waals surface area contributed by atoms with Crippen molar-refractivity contribution < 1.29 is 43.1 Å². The Bertz CT molecular complexity index is 1110. The first kappa shape index (κ1) is 26.9. The van der Waals surface area contributed by atoms with Crippen molar-refractivity contribution in [2.45, 2.75) is 55.6 Å². The molecule has 0 bridgehead atoms. The highest BCUT2D eigenvalue weighted by atomic mass is 32.2. The highest BCUT2D eigenvalue weighted by Gasteiger charge is 2.39. The van der Waals surface area contributed by atoms with Crippen molar-refractivity contribution in [1.29, 1.82) is 0 Å². The SMILES string of the molecule is CCCCNc1cc(C(=O)O)cc(S(=O)(=O)NC2C[C@@H](O)[C@H](O)[C@@H](CO)O2)c1Oc1ccccc1. The highest BCUT2D eigenvalue weighted by Crippen LogP contribution is 2.38. The summed E-state index contributed by atoms with van der Waals surface area (Å²) in [5.74, 6) is -1.11. The molecule has 35 heavy (non-hydrogen) atoms. The first-order valence-corrected chi connectivity index (χ1v) is 12.7. The van der Waals surface area contributed by atoms with Gasteiger partial charge in [-0.2, -0.15) is 4.72 Å². The van der Waals surface area contributed by atoms with E-state index in [0.717, 1.165) is 18.9 Å². The lowest BCUT2D eigenvalue weighted by Gasteiger charge is -2.36. The number of ether oxygens (including phenoxy) is 2. The molecular weight excluding hydrogens is 480 g/mol. The lowest BCUT2D eigenvalue weighted by molar-refractivity contribution is -0.181. The molecule has 0 spiro atoms. The highest BCUT2D eigenvalue weighted by molar-refractivity contribution is 7.89. The molecule has 3 rings (SSSR count). The van der Waals surface area contributed by atoms with Gasteiger partial charge in [-0.1, -0.05) is 31.5 Å². The summed E-state index contributed by atoms with van der Waals surface area (Å²) in [6.07, 6.45) is -3.90. The van der Waals surface area contributed by atoms with E-state index >= 15 is 0 Å². The maximum atomic E-state index is 13.5. The summed E-state index contributed by atoms with van der Waals surface area (Å²) in [5, 5.41) is 42.0. The van der Waals surface area contributed by atoms with Crippen LogP contribution >= 0.6 is 0 Å². The Morgan fingerprint density at radius 3 is 2.54 bits per heavy atom. The predicted octanol–water partition coefficient (Wildman–Crippen LogP) is 1.50. The summed E-state index contributed by atoms with van der Waals surface area (Å²) >= 11 is 0. The summed E-state index contributed by atoms with van der Waals surface area (Å²) in [4.78, 5) is 11.3. The average molecular weight is 511 g/mol. The van der Waals surface area contributed by atoms with Crippen LogP contribution in [0.4, 0.5) is 5.69 Å². The third-order valence-electron chi connectivity index (χ3n) is 5.44. The minimum atomic E-state index is -4.47. The van der Waals surface area contributed by atoms with Crippen LogP contribution in [0.5, 0.6) is 11.5 Å². The van der Waals surface area contributed by atoms with E-state index in [1.807, 2.05) is 6.92 Å². The Balaban J connectivity index is 2.05. The fourth-order valence-corrected chi connectivity index (χ4v) is 4.89. The van der Waals surface area contributed by atoms with Gasteiger partial charge < -0.3 is 35.2 Å². The lowest BCUT2D eigenvalue weighted by Crippen LogP contribution is -2.54. The van der Waals surface area contributed by atoms with E-state index in [2.05, 4.69) is 10.0 Å². The van der Waals surface area contributed by atoms with Crippen LogP contribution in [0.25, 0.3) is 0 Å². The minimum Gasteiger partial charge on any atom is -0.478 e. The number of hydrogen-bond donors (Lipinski definition) is 6. The van der Waals surface area contributed by atoms with Gasteiger partial charge in [-0.05, 0) is 30.7 Å². The van der Waals surface area contributed by atoms with Crippen molar-refractivity contribution in [2.24, 2.45) is 0 Å². The molecular formula is C23H30N2O9S. The van der Waals surface area contributed by atoms with E-state index in [9.17, 15) is 33.6 Å². The number of carboxylic acids is 1. The number of hydrogen-bond acceptors (Lipinski definition) is 9. The van der Waals surface area contributed by atoms with Crippen LogP contribution in [0, 0.1) is 0 Å². The largest absolute Gasteiger partial charge is 0.478 e. The van der Waals surface area contributed by atoms with Gasteiger partial charge in [-0.15, -0.1) is 0 Å². The fraction of sp³-hybridized carbons (Fsp3) is 0.435. The van der Waals surface area contributed by atoms with Gasteiger partial charge >= 0.3 is 5.97 Å². The van der Waals surface area contributed by atoms with Crippen molar-refractivity contribution in [3.8, 4) is 11.5 Å². The van der Waals surface area contributed by atoms with Crippen LogP contribution in [0.15, 0.2) is 47.4 Å². The number of rotatable bonds is 11. The molecule has 0 amide bonds. The molecule has 2 aromatic carbocycles. The number of anilines is 1. The summed E-state index contributed by atoms with van der Waals surface area (Å²) in [5.41, 5.74) is -0.103. The second kappa shape index (κ2) is 11.8. The Hall–Kier alpha value is -2.74. The van der Waals surface area contributed by atoms with E-state index in [-0.39, 0.29) is 23.4 Å². The van der Waals surface area contributed by atoms with Gasteiger partial charge in [0.05, 0.1) is 24.0 Å². The maximum absolute atomic E-state index is 13.5. The zero-order valence-electron chi connectivity index (χ0n) is 19.1. The van der Waals surface area contributed by atoms with Crippen LogP contribution in [-0.4, -0.2) is 72.5 Å². The normalized spacial score (nSPS) is 22.5. The van der Waals surface area contributed by atoms with Crippen molar-refractivity contribution >= 4 is 21.7 Å². The zero-order chi connectivity index (χ0) is 25.6. The van der Waals surface area contributed by atoms with Crippen LogP contribution in [0.2, 0.25) is 0 Å². The molecule has 1 heterocycles. The summed E-state index contributed by atoms with van der Waals surface area (Å²) < 4.78 is 40.5. The molecule has 1 aliphatic rings. The third-order valence-corrected chi connectivity index (χ3v) is 6.89. The van der Waals surface area contributed by atoms with Gasteiger partial charge in [-0.3, -0.25) is 0 Å². The van der Waals surface area contributed by atoms with Crippen LogP contribution in [0.3, 0.4) is 0 Å². The van der Waals surface area contributed by atoms with Crippen molar-refractivity contribution in [3.63, 3.8) is 0 Å². The molecule has 0 radical (unpaired) electrons. The maximum Gasteiger partial charge on any atom is 0.335 e. The van der Waals surface area contributed by atoms with E-state index in [1.165, 1.54) is 6.07 Å². The Kier molecular flexibility index (Phi) is 9.05. The average Bonchev–Trinajstić information content (AvgIpc) is 2.82. The van der Waals surface area contributed by atoms with E-state index < -0.39 is 52.0 Å². The van der Waals surface area contributed by atoms with Gasteiger partial charge in [0.1, 0.15) is 29.1 Å².